The minimum atomic E-state index is 0.355. The number of rotatable bonds is 7. The molecule has 1 aliphatic rings. The van der Waals surface area contributed by atoms with Gasteiger partial charge in [0.05, 0.1) is 35.5 Å². The molecule has 0 bridgehead atoms. The summed E-state index contributed by atoms with van der Waals surface area (Å²) in [6, 6.07) is 8.48. The van der Waals surface area contributed by atoms with Crippen LogP contribution in [-0.2, 0) is 6.42 Å². The first-order chi connectivity index (χ1) is 13.6. The van der Waals surface area contributed by atoms with E-state index in [0.717, 1.165) is 42.1 Å². The lowest BCUT2D eigenvalue weighted by Gasteiger charge is -2.39. The second-order valence-corrected chi connectivity index (χ2v) is 6.69. The Morgan fingerprint density at radius 1 is 0.786 bits per heavy atom. The van der Waals surface area contributed by atoms with Crippen LogP contribution in [0.5, 0.6) is 28.7 Å². The Morgan fingerprint density at radius 3 is 1.86 bits per heavy atom. The molecule has 28 heavy (non-hydrogen) atoms. The molecule has 0 N–H and O–H groups in total. The molecule has 0 amide bonds. The van der Waals surface area contributed by atoms with E-state index in [9.17, 15) is 0 Å². The number of methoxy groups -OCH3 is 5. The third-order valence-corrected chi connectivity index (χ3v) is 5.36. The van der Waals surface area contributed by atoms with Crippen molar-refractivity contribution < 1.29 is 23.7 Å². The molecule has 3 rings (SSSR count). The summed E-state index contributed by atoms with van der Waals surface area (Å²) in [5, 5.41) is 0. The zero-order valence-corrected chi connectivity index (χ0v) is 17.5. The molecule has 1 aliphatic heterocycles. The molecule has 0 saturated carbocycles. The van der Waals surface area contributed by atoms with Crippen molar-refractivity contribution in [2.45, 2.75) is 32.2 Å². The molecule has 2 aromatic carbocycles. The van der Waals surface area contributed by atoms with E-state index >= 15 is 0 Å². The van der Waals surface area contributed by atoms with E-state index < -0.39 is 0 Å². The summed E-state index contributed by atoms with van der Waals surface area (Å²) in [5.41, 5.74) is 3.34. The van der Waals surface area contributed by atoms with Gasteiger partial charge in [-0.3, -0.25) is 0 Å². The first-order valence-electron chi connectivity index (χ1n) is 9.45. The van der Waals surface area contributed by atoms with Gasteiger partial charge in [-0.1, -0.05) is 6.92 Å². The molecule has 2 aromatic rings. The van der Waals surface area contributed by atoms with Gasteiger partial charge < -0.3 is 28.6 Å². The lowest BCUT2D eigenvalue weighted by molar-refractivity contribution is 0.324. The average Bonchev–Trinajstić information content (AvgIpc) is 2.75. The van der Waals surface area contributed by atoms with Crippen LogP contribution in [0.1, 0.15) is 25.3 Å². The van der Waals surface area contributed by atoms with Gasteiger partial charge in [-0.2, -0.15) is 0 Å². The van der Waals surface area contributed by atoms with E-state index in [1.54, 1.807) is 35.5 Å². The fraction of sp³-hybridized carbons (Fsp3) is 0.455. The summed E-state index contributed by atoms with van der Waals surface area (Å²) >= 11 is 0. The Kier molecular flexibility index (Phi) is 6.07. The topological polar surface area (TPSA) is 49.4 Å². The standard InChI is InChI=1S/C22H29NO5/c1-7-15-9-8-14-10-18(24-2)19(25-3)13-17(14)23(15)16-11-20(26-4)22(28-6)21(12-16)27-5/h10-13,15H,7-9H2,1-6H3. The van der Waals surface area contributed by atoms with Crippen LogP contribution in [0.25, 0.3) is 0 Å². The number of ether oxygens (including phenoxy) is 5. The highest BCUT2D eigenvalue weighted by Crippen LogP contribution is 2.47. The predicted molar refractivity (Wildman–Crippen MR) is 110 cm³/mol. The molecule has 0 spiro atoms. The van der Waals surface area contributed by atoms with Crippen molar-refractivity contribution in [1.82, 2.24) is 0 Å². The Hall–Kier alpha value is -2.76. The second-order valence-electron chi connectivity index (χ2n) is 6.69. The number of nitrogens with zero attached hydrogens (tertiary/aromatic N) is 1. The van der Waals surface area contributed by atoms with Crippen LogP contribution in [-0.4, -0.2) is 41.6 Å². The van der Waals surface area contributed by atoms with E-state index in [1.165, 1.54) is 5.56 Å². The van der Waals surface area contributed by atoms with Crippen LogP contribution < -0.4 is 28.6 Å². The Bertz CT molecular complexity index is 811. The molecule has 1 heterocycles. The molecule has 1 unspecified atom stereocenters. The van der Waals surface area contributed by atoms with Crippen LogP contribution in [0, 0.1) is 0 Å². The molecule has 152 valence electrons. The largest absolute Gasteiger partial charge is 0.493 e. The average molecular weight is 387 g/mol. The fourth-order valence-electron chi connectivity index (χ4n) is 3.93. The zero-order chi connectivity index (χ0) is 20.3. The Labute approximate surface area is 166 Å². The van der Waals surface area contributed by atoms with Gasteiger partial charge in [0, 0.05) is 35.6 Å². The van der Waals surface area contributed by atoms with Gasteiger partial charge in [-0.05, 0) is 30.9 Å². The van der Waals surface area contributed by atoms with E-state index in [1.807, 2.05) is 12.1 Å². The first kappa shape index (κ1) is 20.0. The summed E-state index contributed by atoms with van der Waals surface area (Å²) in [5.74, 6) is 3.33. The van der Waals surface area contributed by atoms with E-state index in [0.29, 0.717) is 23.3 Å². The van der Waals surface area contributed by atoms with Gasteiger partial charge in [-0.25, -0.2) is 0 Å². The summed E-state index contributed by atoms with van der Waals surface area (Å²) < 4.78 is 27.7. The molecule has 0 fully saturated rings. The molecule has 0 aliphatic carbocycles. The van der Waals surface area contributed by atoms with Crippen molar-refractivity contribution in [2.75, 3.05) is 40.4 Å². The molecule has 0 saturated heterocycles. The van der Waals surface area contributed by atoms with E-state index in [4.69, 9.17) is 23.7 Å². The first-order valence-corrected chi connectivity index (χ1v) is 9.45. The Balaban J connectivity index is 2.20. The molecule has 6 heteroatoms. The smallest absolute Gasteiger partial charge is 0.203 e. The number of benzene rings is 2. The maximum atomic E-state index is 5.57. The van der Waals surface area contributed by atoms with Crippen LogP contribution in [0.15, 0.2) is 24.3 Å². The molecule has 6 nitrogen and oxygen atoms in total. The minimum absolute atomic E-state index is 0.355. The van der Waals surface area contributed by atoms with Crippen molar-refractivity contribution >= 4 is 11.4 Å². The number of hydrogen-bond donors (Lipinski definition) is 0. The van der Waals surface area contributed by atoms with Crippen LogP contribution in [0.4, 0.5) is 11.4 Å². The molecule has 0 aromatic heterocycles. The molecule has 1 atom stereocenters. The van der Waals surface area contributed by atoms with Crippen molar-refractivity contribution in [3.8, 4) is 28.7 Å². The lowest BCUT2D eigenvalue weighted by atomic mass is 9.93. The lowest BCUT2D eigenvalue weighted by Crippen LogP contribution is -2.35. The van der Waals surface area contributed by atoms with Gasteiger partial charge >= 0.3 is 0 Å². The SMILES string of the molecule is CCC1CCc2cc(OC)c(OC)cc2N1c1cc(OC)c(OC)c(OC)c1. The highest BCUT2D eigenvalue weighted by Gasteiger charge is 2.30. The van der Waals surface area contributed by atoms with Crippen molar-refractivity contribution in [3.05, 3.63) is 29.8 Å². The molecular weight excluding hydrogens is 358 g/mol. The van der Waals surface area contributed by atoms with Crippen molar-refractivity contribution in [2.24, 2.45) is 0 Å². The third kappa shape index (κ3) is 3.39. The van der Waals surface area contributed by atoms with Gasteiger partial charge in [0.2, 0.25) is 5.75 Å². The van der Waals surface area contributed by atoms with Gasteiger partial charge in [0.1, 0.15) is 0 Å². The van der Waals surface area contributed by atoms with Gasteiger partial charge in [0.15, 0.2) is 23.0 Å². The number of fused-ring (bicyclic) bond motifs is 1. The van der Waals surface area contributed by atoms with Crippen LogP contribution in [0.3, 0.4) is 0 Å². The summed E-state index contributed by atoms with van der Waals surface area (Å²) in [7, 11) is 8.21. The minimum Gasteiger partial charge on any atom is -0.493 e. The number of hydrogen-bond acceptors (Lipinski definition) is 6. The highest BCUT2D eigenvalue weighted by atomic mass is 16.5. The molecular formula is C22H29NO5. The summed E-state index contributed by atoms with van der Waals surface area (Å²) in [6.07, 6.45) is 3.06. The van der Waals surface area contributed by atoms with Gasteiger partial charge in [0.25, 0.3) is 0 Å². The maximum absolute atomic E-state index is 5.57. The molecule has 0 radical (unpaired) electrons. The number of anilines is 2. The monoisotopic (exact) mass is 387 g/mol. The van der Waals surface area contributed by atoms with Crippen molar-refractivity contribution in [1.29, 1.82) is 0 Å². The Morgan fingerprint density at radius 2 is 1.36 bits per heavy atom. The summed E-state index contributed by atoms with van der Waals surface area (Å²) in [6.45, 7) is 2.21. The number of aryl methyl sites for hydroxylation is 1. The third-order valence-electron chi connectivity index (χ3n) is 5.36. The van der Waals surface area contributed by atoms with E-state index in [2.05, 4.69) is 24.0 Å². The predicted octanol–water partition coefficient (Wildman–Crippen LogP) is 4.59. The van der Waals surface area contributed by atoms with Crippen LogP contribution in [0.2, 0.25) is 0 Å². The van der Waals surface area contributed by atoms with Gasteiger partial charge in [-0.15, -0.1) is 0 Å². The van der Waals surface area contributed by atoms with E-state index in [-0.39, 0.29) is 0 Å². The normalized spacial score (nSPS) is 15.6. The highest BCUT2D eigenvalue weighted by molar-refractivity contribution is 5.75. The summed E-state index contributed by atoms with van der Waals surface area (Å²) in [4.78, 5) is 2.34. The van der Waals surface area contributed by atoms with Crippen LogP contribution >= 0.6 is 0 Å². The van der Waals surface area contributed by atoms with Crippen molar-refractivity contribution in [3.63, 3.8) is 0 Å². The fourth-order valence-corrected chi connectivity index (χ4v) is 3.93. The second kappa shape index (κ2) is 8.50. The zero-order valence-electron chi connectivity index (χ0n) is 17.5. The quantitative estimate of drug-likeness (QED) is 0.692. The maximum Gasteiger partial charge on any atom is 0.203 e.